The molecule has 1 fully saturated rings. The SMILES string of the molecule is O=C(CNc1cccc(C(=O)NCC2CCCO2)c1)Nc1ccc(OCc2ccccc2)cc1. The highest BCUT2D eigenvalue weighted by molar-refractivity contribution is 5.96. The Hall–Kier alpha value is -3.84. The summed E-state index contributed by atoms with van der Waals surface area (Å²) in [6.45, 7) is 1.83. The van der Waals surface area contributed by atoms with Crippen molar-refractivity contribution in [3.05, 3.63) is 90.0 Å². The molecule has 0 aromatic heterocycles. The van der Waals surface area contributed by atoms with E-state index in [1.54, 1.807) is 30.3 Å². The van der Waals surface area contributed by atoms with Gasteiger partial charge in [0.25, 0.3) is 5.91 Å². The van der Waals surface area contributed by atoms with Crippen molar-refractivity contribution in [1.29, 1.82) is 0 Å². The Morgan fingerprint density at radius 3 is 2.53 bits per heavy atom. The smallest absolute Gasteiger partial charge is 0.251 e. The van der Waals surface area contributed by atoms with E-state index in [-0.39, 0.29) is 24.5 Å². The lowest BCUT2D eigenvalue weighted by Gasteiger charge is -2.12. The summed E-state index contributed by atoms with van der Waals surface area (Å²) in [5.41, 5.74) is 3.01. The molecule has 0 aliphatic carbocycles. The summed E-state index contributed by atoms with van der Waals surface area (Å²) in [5.74, 6) is 0.388. The van der Waals surface area contributed by atoms with Gasteiger partial charge in [0.2, 0.25) is 5.91 Å². The number of hydrogen-bond acceptors (Lipinski definition) is 5. The molecule has 1 unspecified atom stereocenters. The summed E-state index contributed by atoms with van der Waals surface area (Å²) in [5, 5.41) is 8.82. The average molecular weight is 460 g/mol. The van der Waals surface area contributed by atoms with Gasteiger partial charge in [-0.2, -0.15) is 0 Å². The fourth-order valence-electron chi connectivity index (χ4n) is 3.65. The molecule has 176 valence electrons. The van der Waals surface area contributed by atoms with E-state index >= 15 is 0 Å². The largest absolute Gasteiger partial charge is 0.489 e. The predicted octanol–water partition coefficient (Wildman–Crippen LogP) is 4.23. The van der Waals surface area contributed by atoms with Gasteiger partial charge in [0.15, 0.2) is 0 Å². The van der Waals surface area contributed by atoms with Crippen molar-refractivity contribution >= 4 is 23.2 Å². The lowest BCUT2D eigenvalue weighted by Crippen LogP contribution is -2.31. The molecule has 0 bridgehead atoms. The molecule has 7 nitrogen and oxygen atoms in total. The first-order valence-electron chi connectivity index (χ1n) is 11.5. The predicted molar refractivity (Wildman–Crippen MR) is 132 cm³/mol. The zero-order valence-electron chi connectivity index (χ0n) is 19.0. The summed E-state index contributed by atoms with van der Waals surface area (Å²) >= 11 is 0. The minimum atomic E-state index is -0.189. The summed E-state index contributed by atoms with van der Waals surface area (Å²) in [6, 6.07) is 24.3. The number of benzene rings is 3. The highest BCUT2D eigenvalue weighted by Gasteiger charge is 2.16. The number of rotatable bonds is 10. The molecular weight excluding hydrogens is 430 g/mol. The summed E-state index contributed by atoms with van der Waals surface area (Å²) in [4.78, 5) is 24.8. The Kier molecular flexibility index (Phi) is 8.13. The standard InChI is InChI=1S/C27H29N3O4/c31-26(30-22-11-13-24(14-12-22)34-19-20-6-2-1-3-7-20)18-28-23-9-4-8-21(16-23)27(32)29-17-25-10-5-15-33-25/h1-4,6-9,11-14,16,25,28H,5,10,15,17-19H2,(H,29,32)(H,30,31). The lowest BCUT2D eigenvalue weighted by molar-refractivity contribution is -0.114. The van der Waals surface area contributed by atoms with Crippen molar-refractivity contribution in [2.45, 2.75) is 25.6 Å². The average Bonchev–Trinajstić information content (AvgIpc) is 3.40. The van der Waals surface area contributed by atoms with E-state index in [1.807, 2.05) is 48.5 Å². The Morgan fingerprint density at radius 2 is 1.76 bits per heavy atom. The molecule has 34 heavy (non-hydrogen) atoms. The Morgan fingerprint density at radius 1 is 0.941 bits per heavy atom. The van der Waals surface area contributed by atoms with E-state index in [4.69, 9.17) is 9.47 Å². The van der Waals surface area contributed by atoms with E-state index < -0.39 is 0 Å². The highest BCUT2D eigenvalue weighted by Crippen LogP contribution is 2.17. The van der Waals surface area contributed by atoms with Crippen molar-refractivity contribution in [3.63, 3.8) is 0 Å². The first kappa shape index (κ1) is 23.3. The van der Waals surface area contributed by atoms with Crippen LogP contribution in [-0.2, 0) is 16.1 Å². The summed E-state index contributed by atoms with van der Waals surface area (Å²) in [7, 11) is 0. The number of anilines is 2. The van der Waals surface area contributed by atoms with Crippen molar-refractivity contribution < 1.29 is 19.1 Å². The van der Waals surface area contributed by atoms with Crippen molar-refractivity contribution in [2.24, 2.45) is 0 Å². The van der Waals surface area contributed by atoms with Gasteiger partial charge in [-0.3, -0.25) is 9.59 Å². The zero-order chi connectivity index (χ0) is 23.6. The second kappa shape index (κ2) is 11.9. The van der Waals surface area contributed by atoms with Crippen molar-refractivity contribution in [2.75, 3.05) is 30.3 Å². The van der Waals surface area contributed by atoms with Gasteiger partial charge in [0.1, 0.15) is 12.4 Å². The molecule has 3 aromatic rings. The first-order valence-corrected chi connectivity index (χ1v) is 11.5. The second-order valence-corrected chi connectivity index (χ2v) is 8.13. The van der Waals surface area contributed by atoms with E-state index in [0.717, 1.165) is 30.8 Å². The maximum absolute atomic E-state index is 12.4. The Labute approximate surface area is 199 Å². The molecule has 1 saturated heterocycles. The third-order valence-corrected chi connectivity index (χ3v) is 5.48. The summed E-state index contributed by atoms with van der Waals surface area (Å²) in [6.07, 6.45) is 2.10. The molecule has 0 saturated carbocycles. The lowest BCUT2D eigenvalue weighted by atomic mass is 10.1. The number of carbonyl (C=O) groups excluding carboxylic acids is 2. The molecule has 0 radical (unpaired) electrons. The molecule has 1 aliphatic rings. The highest BCUT2D eigenvalue weighted by atomic mass is 16.5. The van der Waals surface area contributed by atoms with Gasteiger partial charge in [-0.1, -0.05) is 36.4 Å². The van der Waals surface area contributed by atoms with Gasteiger partial charge >= 0.3 is 0 Å². The first-order chi connectivity index (χ1) is 16.7. The fourth-order valence-corrected chi connectivity index (χ4v) is 3.65. The van der Waals surface area contributed by atoms with Gasteiger partial charge in [0, 0.05) is 30.1 Å². The van der Waals surface area contributed by atoms with Gasteiger partial charge in [-0.15, -0.1) is 0 Å². The normalized spacial score (nSPS) is 14.9. The molecule has 4 rings (SSSR count). The molecule has 3 aromatic carbocycles. The monoisotopic (exact) mass is 459 g/mol. The van der Waals surface area contributed by atoms with Gasteiger partial charge in [-0.25, -0.2) is 0 Å². The van der Waals surface area contributed by atoms with Gasteiger partial charge < -0.3 is 25.4 Å². The molecule has 3 N–H and O–H groups in total. The van der Waals surface area contributed by atoms with E-state index in [2.05, 4.69) is 16.0 Å². The molecule has 2 amide bonds. The Balaban J connectivity index is 1.21. The third kappa shape index (κ3) is 7.08. The molecule has 1 aliphatic heterocycles. The van der Waals surface area contributed by atoms with Crippen molar-refractivity contribution in [3.8, 4) is 5.75 Å². The van der Waals surface area contributed by atoms with Crippen LogP contribution in [0.5, 0.6) is 5.75 Å². The Bertz CT molecular complexity index is 1080. The maximum Gasteiger partial charge on any atom is 0.251 e. The molecule has 1 atom stereocenters. The van der Waals surface area contributed by atoms with Crippen LogP contribution in [0.15, 0.2) is 78.9 Å². The van der Waals surface area contributed by atoms with Crippen LogP contribution in [0.4, 0.5) is 11.4 Å². The molecule has 7 heteroatoms. The summed E-state index contributed by atoms with van der Waals surface area (Å²) < 4.78 is 11.3. The van der Waals surface area contributed by atoms with Crippen LogP contribution in [0.2, 0.25) is 0 Å². The number of carbonyl (C=O) groups is 2. The second-order valence-electron chi connectivity index (χ2n) is 8.13. The van der Waals surface area contributed by atoms with Crippen molar-refractivity contribution in [1.82, 2.24) is 5.32 Å². The number of amides is 2. The number of ether oxygens (including phenoxy) is 2. The van der Waals surface area contributed by atoms with Gasteiger partial charge in [0.05, 0.1) is 12.6 Å². The van der Waals surface area contributed by atoms with Crippen LogP contribution in [0.25, 0.3) is 0 Å². The molecule has 1 heterocycles. The maximum atomic E-state index is 12.4. The van der Waals surface area contributed by atoms with Crippen LogP contribution in [0, 0.1) is 0 Å². The molecule has 0 spiro atoms. The minimum Gasteiger partial charge on any atom is -0.489 e. The topological polar surface area (TPSA) is 88.7 Å². The zero-order valence-corrected chi connectivity index (χ0v) is 19.0. The fraction of sp³-hybridized carbons (Fsp3) is 0.259. The van der Waals surface area contributed by atoms with Crippen LogP contribution < -0.4 is 20.7 Å². The third-order valence-electron chi connectivity index (χ3n) is 5.48. The number of nitrogens with one attached hydrogen (secondary N) is 3. The van der Waals surface area contributed by atoms with E-state index in [0.29, 0.717) is 30.1 Å². The quantitative estimate of drug-likeness (QED) is 0.422. The van der Waals surface area contributed by atoms with Crippen LogP contribution >= 0.6 is 0 Å². The minimum absolute atomic E-state index is 0.0766. The number of hydrogen-bond donors (Lipinski definition) is 3. The van der Waals surface area contributed by atoms with Crippen LogP contribution in [0.3, 0.4) is 0 Å². The van der Waals surface area contributed by atoms with Crippen LogP contribution in [-0.4, -0.2) is 37.6 Å². The molecular formula is C27H29N3O4. The van der Waals surface area contributed by atoms with Gasteiger partial charge in [-0.05, 0) is 60.9 Å². The van der Waals surface area contributed by atoms with E-state index in [1.165, 1.54) is 0 Å². The van der Waals surface area contributed by atoms with Crippen LogP contribution in [0.1, 0.15) is 28.8 Å². The van der Waals surface area contributed by atoms with E-state index in [9.17, 15) is 9.59 Å².